The molecule has 0 unspecified atom stereocenters. The lowest BCUT2D eigenvalue weighted by atomic mass is 10.2. The van der Waals surface area contributed by atoms with Crippen LogP contribution in [0.15, 0.2) is 56.3 Å². The summed E-state index contributed by atoms with van der Waals surface area (Å²) in [7, 11) is 0. The third kappa shape index (κ3) is 3.74. The van der Waals surface area contributed by atoms with Gasteiger partial charge in [-0.15, -0.1) is 11.3 Å². The number of fused-ring (bicyclic) bond motifs is 1. The van der Waals surface area contributed by atoms with Gasteiger partial charge in [-0.05, 0) is 36.9 Å². The molecule has 3 aromatic heterocycles. The number of aromatic nitrogens is 4. The Bertz CT molecular complexity index is 1130. The molecule has 144 valence electrons. The minimum Gasteiger partial charge on any atom is -0.338 e. The number of thioether (sulfide) groups is 1. The summed E-state index contributed by atoms with van der Waals surface area (Å²) in [5.74, 6) is 1.28. The lowest BCUT2D eigenvalue weighted by Gasteiger charge is -2.13. The molecule has 3 heterocycles. The first kappa shape index (κ1) is 18.9. The summed E-state index contributed by atoms with van der Waals surface area (Å²) >= 11 is 2.86. The summed E-state index contributed by atoms with van der Waals surface area (Å²) in [5, 5.41) is 6.45. The second-order valence-corrected chi connectivity index (χ2v) is 8.64. The van der Waals surface area contributed by atoms with Crippen molar-refractivity contribution in [3.05, 3.63) is 63.8 Å². The second-order valence-electron chi connectivity index (χ2n) is 6.42. The number of nitrogens with zero attached hydrogens (tertiary/aromatic N) is 4. The summed E-state index contributed by atoms with van der Waals surface area (Å²) in [6, 6.07) is 11.4. The number of aryl methyl sites for hydroxylation is 1. The molecular weight excluding hydrogens is 392 g/mol. The van der Waals surface area contributed by atoms with E-state index in [9.17, 15) is 4.79 Å². The van der Waals surface area contributed by atoms with E-state index >= 15 is 0 Å². The zero-order chi connectivity index (χ0) is 19.5. The largest absolute Gasteiger partial charge is 0.338 e. The molecule has 6 nitrogen and oxygen atoms in total. The predicted molar refractivity (Wildman–Crippen MR) is 112 cm³/mol. The number of hydrogen-bond acceptors (Lipinski definition) is 7. The quantitative estimate of drug-likeness (QED) is 0.313. The monoisotopic (exact) mass is 412 g/mol. The number of para-hydroxylation sites is 1. The van der Waals surface area contributed by atoms with E-state index in [2.05, 4.69) is 17.1 Å². The second kappa shape index (κ2) is 8.28. The molecule has 0 aliphatic rings. The minimum atomic E-state index is -0.124. The first-order valence-corrected chi connectivity index (χ1v) is 11.0. The fourth-order valence-electron chi connectivity index (χ4n) is 2.85. The molecule has 0 fully saturated rings. The lowest BCUT2D eigenvalue weighted by molar-refractivity contribution is 0.374. The van der Waals surface area contributed by atoms with Crippen molar-refractivity contribution in [3.63, 3.8) is 0 Å². The Labute approximate surface area is 170 Å². The SMILES string of the molecule is CCCCc1noc([C@H](C)Sc2nc3ccsc3c(=O)n2-c2ccccc2)n1. The highest BCUT2D eigenvalue weighted by Gasteiger charge is 2.21. The number of benzene rings is 1. The van der Waals surface area contributed by atoms with Crippen LogP contribution in [0.4, 0.5) is 0 Å². The third-order valence-electron chi connectivity index (χ3n) is 4.33. The van der Waals surface area contributed by atoms with Gasteiger partial charge in [-0.1, -0.05) is 48.5 Å². The summed E-state index contributed by atoms with van der Waals surface area (Å²) in [4.78, 5) is 22.4. The lowest BCUT2D eigenvalue weighted by Crippen LogP contribution is -2.21. The molecule has 4 rings (SSSR count). The van der Waals surface area contributed by atoms with Crippen molar-refractivity contribution in [2.24, 2.45) is 0 Å². The van der Waals surface area contributed by atoms with Gasteiger partial charge >= 0.3 is 0 Å². The van der Waals surface area contributed by atoms with Gasteiger partial charge in [0.25, 0.3) is 5.56 Å². The van der Waals surface area contributed by atoms with Crippen LogP contribution in [0.2, 0.25) is 0 Å². The highest BCUT2D eigenvalue weighted by atomic mass is 32.2. The van der Waals surface area contributed by atoms with Crippen molar-refractivity contribution in [3.8, 4) is 5.69 Å². The Balaban J connectivity index is 1.71. The molecule has 0 spiro atoms. The highest BCUT2D eigenvalue weighted by Crippen LogP contribution is 2.34. The van der Waals surface area contributed by atoms with Crippen molar-refractivity contribution in [1.29, 1.82) is 0 Å². The van der Waals surface area contributed by atoms with Crippen LogP contribution in [0, 0.1) is 0 Å². The minimum absolute atomic E-state index is 0.0601. The number of rotatable bonds is 7. The molecule has 0 saturated heterocycles. The van der Waals surface area contributed by atoms with E-state index < -0.39 is 0 Å². The van der Waals surface area contributed by atoms with E-state index in [0.717, 1.165) is 30.8 Å². The van der Waals surface area contributed by atoms with Gasteiger partial charge < -0.3 is 4.52 Å². The molecule has 0 radical (unpaired) electrons. The Hall–Kier alpha value is -2.45. The van der Waals surface area contributed by atoms with E-state index in [0.29, 0.717) is 21.3 Å². The first-order valence-electron chi connectivity index (χ1n) is 9.22. The topological polar surface area (TPSA) is 73.8 Å². The molecule has 0 N–H and O–H groups in total. The maximum Gasteiger partial charge on any atom is 0.276 e. The number of unbranched alkanes of at least 4 members (excludes halogenated alkanes) is 1. The van der Waals surface area contributed by atoms with E-state index in [1.807, 2.05) is 48.7 Å². The summed E-state index contributed by atoms with van der Waals surface area (Å²) in [6.45, 7) is 4.12. The van der Waals surface area contributed by atoms with Crippen molar-refractivity contribution in [2.45, 2.75) is 43.5 Å². The van der Waals surface area contributed by atoms with Crippen LogP contribution in [0.25, 0.3) is 15.9 Å². The number of hydrogen-bond donors (Lipinski definition) is 0. The molecule has 0 aliphatic heterocycles. The molecule has 1 aromatic carbocycles. The van der Waals surface area contributed by atoms with Gasteiger partial charge in [-0.3, -0.25) is 9.36 Å². The first-order chi connectivity index (χ1) is 13.7. The van der Waals surface area contributed by atoms with Crippen LogP contribution in [-0.2, 0) is 6.42 Å². The van der Waals surface area contributed by atoms with E-state index in [1.165, 1.54) is 23.1 Å². The van der Waals surface area contributed by atoms with Gasteiger partial charge in [0.2, 0.25) is 5.89 Å². The van der Waals surface area contributed by atoms with Crippen LogP contribution >= 0.6 is 23.1 Å². The molecule has 0 amide bonds. The normalized spacial score (nSPS) is 12.5. The Morgan fingerprint density at radius 3 is 2.82 bits per heavy atom. The summed E-state index contributed by atoms with van der Waals surface area (Å²) < 4.78 is 7.76. The highest BCUT2D eigenvalue weighted by molar-refractivity contribution is 7.99. The third-order valence-corrected chi connectivity index (χ3v) is 6.26. The van der Waals surface area contributed by atoms with Gasteiger partial charge in [0.05, 0.1) is 16.5 Å². The van der Waals surface area contributed by atoms with Crippen LogP contribution in [0.5, 0.6) is 0 Å². The van der Waals surface area contributed by atoms with Gasteiger partial charge in [-0.2, -0.15) is 4.98 Å². The van der Waals surface area contributed by atoms with Crippen LogP contribution < -0.4 is 5.56 Å². The molecule has 8 heteroatoms. The smallest absolute Gasteiger partial charge is 0.276 e. The molecule has 0 aliphatic carbocycles. The zero-order valence-corrected chi connectivity index (χ0v) is 17.3. The van der Waals surface area contributed by atoms with E-state index in [1.54, 1.807) is 4.57 Å². The maximum atomic E-state index is 13.1. The average molecular weight is 413 g/mol. The van der Waals surface area contributed by atoms with Crippen molar-refractivity contribution < 1.29 is 4.52 Å². The summed E-state index contributed by atoms with van der Waals surface area (Å²) in [6.07, 6.45) is 2.93. The fourth-order valence-corrected chi connectivity index (χ4v) is 4.57. The van der Waals surface area contributed by atoms with Crippen molar-refractivity contribution >= 4 is 33.3 Å². The average Bonchev–Trinajstić information content (AvgIpc) is 3.37. The Morgan fingerprint density at radius 1 is 1.21 bits per heavy atom. The molecule has 0 saturated carbocycles. The Morgan fingerprint density at radius 2 is 2.04 bits per heavy atom. The van der Waals surface area contributed by atoms with Crippen molar-refractivity contribution in [2.75, 3.05) is 0 Å². The molecular formula is C20H20N4O2S2. The predicted octanol–water partition coefficient (Wildman–Crippen LogP) is 5.03. The molecule has 4 aromatic rings. The zero-order valence-electron chi connectivity index (χ0n) is 15.7. The molecule has 0 bridgehead atoms. The Kier molecular flexibility index (Phi) is 5.59. The fraction of sp³-hybridized carbons (Fsp3) is 0.300. The van der Waals surface area contributed by atoms with Gasteiger partial charge in [0, 0.05) is 6.42 Å². The van der Waals surface area contributed by atoms with Gasteiger partial charge in [0.1, 0.15) is 4.70 Å². The molecule has 28 heavy (non-hydrogen) atoms. The van der Waals surface area contributed by atoms with Crippen LogP contribution in [0.3, 0.4) is 0 Å². The number of thiophene rings is 1. The van der Waals surface area contributed by atoms with Crippen molar-refractivity contribution in [1.82, 2.24) is 19.7 Å². The standard InChI is InChI=1S/C20H20N4O2S2/c1-3-4-10-16-22-18(26-23-16)13(2)28-20-21-15-11-12-27-17(15)19(25)24(20)14-8-6-5-7-9-14/h5-9,11-13H,3-4,10H2,1-2H3/t13-/m0/s1. The van der Waals surface area contributed by atoms with E-state index in [4.69, 9.17) is 9.51 Å². The maximum absolute atomic E-state index is 13.1. The molecule has 1 atom stereocenters. The van der Waals surface area contributed by atoms with Gasteiger partial charge in [0.15, 0.2) is 11.0 Å². The van der Waals surface area contributed by atoms with Crippen LogP contribution in [-0.4, -0.2) is 19.7 Å². The van der Waals surface area contributed by atoms with E-state index in [-0.39, 0.29) is 10.8 Å². The summed E-state index contributed by atoms with van der Waals surface area (Å²) in [5.41, 5.74) is 1.44. The van der Waals surface area contributed by atoms with Gasteiger partial charge in [-0.25, -0.2) is 4.98 Å². The van der Waals surface area contributed by atoms with Crippen LogP contribution in [0.1, 0.15) is 43.7 Å².